The third kappa shape index (κ3) is 2.86. The fraction of sp³-hybridized carbons (Fsp3) is 0.200. The Bertz CT molecular complexity index is 550. The van der Waals surface area contributed by atoms with Gasteiger partial charge in [0.05, 0.1) is 11.6 Å². The Hall–Kier alpha value is -2.34. The number of rotatable bonds is 3. The summed E-state index contributed by atoms with van der Waals surface area (Å²) < 4.78 is 0. The van der Waals surface area contributed by atoms with Crippen molar-refractivity contribution in [3.05, 3.63) is 59.3 Å². The number of nitriles is 1. The normalized spacial score (nSPS) is 11.6. The van der Waals surface area contributed by atoms with Gasteiger partial charge in [-0.05, 0) is 43.2 Å². The van der Waals surface area contributed by atoms with Crippen LogP contribution < -0.4 is 5.32 Å². The molecule has 0 bridgehead atoms. The van der Waals surface area contributed by atoms with E-state index in [0.717, 1.165) is 16.9 Å². The van der Waals surface area contributed by atoms with E-state index in [2.05, 4.69) is 23.3 Å². The number of nitrogens with one attached hydrogen (secondary N) is 1. The molecule has 0 aliphatic heterocycles. The number of aryl methyl sites for hydroxylation is 1. The largest absolute Gasteiger partial charge is 0.364 e. The molecule has 0 fully saturated rings. The Labute approximate surface area is 107 Å². The smallest absolute Gasteiger partial charge is 0.126 e. The van der Waals surface area contributed by atoms with Crippen molar-refractivity contribution in [1.29, 1.82) is 5.26 Å². The Morgan fingerprint density at radius 2 is 1.89 bits per heavy atom. The number of hydrogen-bond donors (Lipinski definition) is 1. The Morgan fingerprint density at radius 1 is 1.17 bits per heavy atom. The predicted octanol–water partition coefficient (Wildman–Crippen LogP) is 3.43. The molecule has 3 nitrogen and oxygen atoms in total. The highest BCUT2D eigenvalue weighted by molar-refractivity contribution is 5.40. The van der Waals surface area contributed by atoms with E-state index >= 15 is 0 Å². The third-order valence-corrected chi connectivity index (χ3v) is 2.82. The van der Waals surface area contributed by atoms with Crippen molar-refractivity contribution < 1.29 is 0 Å². The molecule has 1 aromatic carbocycles. The van der Waals surface area contributed by atoms with Crippen LogP contribution >= 0.6 is 0 Å². The zero-order valence-electron chi connectivity index (χ0n) is 10.5. The van der Waals surface area contributed by atoms with Crippen molar-refractivity contribution in [2.45, 2.75) is 19.9 Å². The summed E-state index contributed by atoms with van der Waals surface area (Å²) in [4.78, 5) is 4.31. The van der Waals surface area contributed by atoms with Gasteiger partial charge >= 0.3 is 0 Å². The topological polar surface area (TPSA) is 48.7 Å². The SMILES string of the molecule is Cc1ccc(NC(C)c2ccc(C#N)cc2)nc1. The molecule has 0 spiro atoms. The van der Waals surface area contributed by atoms with E-state index in [9.17, 15) is 0 Å². The van der Waals surface area contributed by atoms with E-state index in [4.69, 9.17) is 5.26 Å². The van der Waals surface area contributed by atoms with Crippen molar-refractivity contribution in [2.75, 3.05) is 5.32 Å². The van der Waals surface area contributed by atoms with Crippen LogP contribution in [-0.2, 0) is 0 Å². The highest BCUT2D eigenvalue weighted by Crippen LogP contribution is 2.18. The molecular formula is C15H15N3. The maximum atomic E-state index is 8.75. The number of hydrogen-bond acceptors (Lipinski definition) is 3. The molecule has 90 valence electrons. The maximum Gasteiger partial charge on any atom is 0.126 e. The highest BCUT2D eigenvalue weighted by atomic mass is 15.0. The summed E-state index contributed by atoms with van der Waals surface area (Å²) in [5.41, 5.74) is 2.96. The minimum absolute atomic E-state index is 0.160. The summed E-state index contributed by atoms with van der Waals surface area (Å²) in [6.07, 6.45) is 1.84. The lowest BCUT2D eigenvalue weighted by atomic mass is 10.1. The summed E-state index contributed by atoms with van der Waals surface area (Å²) in [5, 5.41) is 12.1. The monoisotopic (exact) mass is 237 g/mol. The molecule has 0 radical (unpaired) electrons. The number of anilines is 1. The molecule has 1 N–H and O–H groups in total. The van der Waals surface area contributed by atoms with Crippen LogP contribution in [0.15, 0.2) is 42.6 Å². The van der Waals surface area contributed by atoms with Crippen molar-refractivity contribution in [3.8, 4) is 6.07 Å². The summed E-state index contributed by atoms with van der Waals surface area (Å²) >= 11 is 0. The fourth-order valence-electron chi connectivity index (χ4n) is 1.70. The molecule has 2 aromatic rings. The van der Waals surface area contributed by atoms with Crippen LogP contribution in [0.25, 0.3) is 0 Å². The van der Waals surface area contributed by atoms with Gasteiger partial charge in [-0.2, -0.15) is 5.26 Å². The van der Waals surface area contributed by atoms with Crippen LogP contribution in [-0.4, -0.2) is 4.98 Å². The Morgan fingerprint density at radius 3 is 2.44 bits per heavy atom. The molecule has 2 rings (SSSR count). The summed E-state index contributed by atoms with van der Waals surface area (Å²) in [5.74, 6) is 0.859. The van der Waals surface area contributed by atoms with Crippen LogP contribution in [0.5, 0.6) is 0 Å². The zero-order chi connectivity index (χ0) is 13.0. The molecule has 0 saturated carbocycles. The van der Waals surface area contributed by atoms with Crippen LogP contribution in [0.4, 0.5) is 5.82 Å². The Balaban J connectivity index is 2.09. The average Bonchev–Trinajstić information content (AvgIpc) is 2.41. The van der Waals surface area contributed by atoms with E-state index in [0.29, 0.717) is 5.56 Å². The molecule has 1 atom stereocenters. The van der Waals surface area contributed by atoms with Crippen LogP contribution in [0.2, 0.25) is 0 Å². The summed E-state index contributed by atoms with van der Waals surface area (Å²) in [7, 11) is 0. The molecule has 0 aliphatic rings. The Kier molecular flexibility index (Phi) is 3.59. The minimum Gasteiger partial charge on any atom is -0.364 e. The molecule has 1 heterocycles. The van der Waals surface area contributed by atoms with Gasteiger partial charge in [0.15, 0.2) is 0 Å². The van der Waals surface area contributed by atoms with E-state index in [1.54, 1.807) is 0 Å². The van der Waals surface area contributed by atoms with Gasteiger partial charge in [-0.25, -0.2) is 4.98 Å². The lowest BCUT2D eigenvalue weighted by Gasteiger charge is -2.15. The van der Waals surface area contributed by atoms with Crippen molar-refractivity contribution in [3.63, 3.8) is 0 Å². The lowest BCUT2D eigenvalue weighted by Crippen LogP contribution is -2.07. The van der Waals surface area contributed by atoms with Gasteiger partial charge in [-0.1, -0.05) is 18.2 Å². The first-order valence-electron chi connectivity index (χ1n) is 5.88. The van der Waals surface area contributed by atoms with E-state index in [1.165, 1.54) is 0 Å². The molecule has 1 unspecified atom stereocenters. The fourth-order valence-corrected chi connectivity index (χ4v) is 1.70. The van der Waals surface area contributed by atoms with Gasteiger partial charge in [0.1, 0.15) is 5.82 Å². The maximum absolute atomic E-state index is 8.75. The standard InChI is InChI=1S/C15H15N3/c1-11-3-8-15(17-10-11)18-12(2)14-6-4-13(9-16)5-7-14/h3-8,10,12H,1-2H3,(H,17,18). The van der Waals surface area contributed by atoms with Crippen molar-refractivity contribution in [1.82, 2.24) is 4.98 Å². The van der Waals surface area contributed by atoms with Gasteiger partial charge < -0.3 is 5.32 Å². The first-order valence-corrected chi connectivity index (χ1v) is 5.88. The van der Waals surface area contributed by atoms with Gasteiger partial charge in [-0.3, -0.25) is 0 Å². The second kappa shape index (κ2) is 5.33. The molecule has 1 aromatic heterocycles. The highest BCUT2D eigenvalue weighted by Gasteiger charge is 2.05. The number of aromatic nitrogens is 1. The number of pyridine rings is 1. The quantitative estimate of drug-likeness (QED) is 0.889. The van der Waals surface area contributed by atoms with Gasteiger partial charge in [-0.15, -0.1) is 0 Å². The molecule has 0 amide bonds. The predicted molar refractivity (Wildman–Crippen MR) is 72.2 cm³/mol. The summed E-state index contributed by atoms with van der Waals surface area (Å²) in [6, 6.07) is 13.9. The van der Waals surface area contributed by atoms with Gasteiger partial charge in [0, 0.05) is 12.2 Å². The first kappa shape index (κ1) is 12.1. The number of nitrogens with zero attached hydrogens (tertiary/aromatic N) is 2. The average molecular weight is 237 g/mol. The van der Waals surface area contributed by atoms with E-state index < -0.39 is 0 Å². The van der Waals surface area contributed by atoms with Crippen LogP contribution in [0.1, 0.15) is 29.7 Å². The summed E-state index contributed by atoms with van der Waals surface area (Å²) in [6.45, 7) is 4.09. The molecule has 18 heavy (non-hydrogen) atoms. The van der Waals surface area contributed by atoms with Gasteiger partial charge in [0.25, 0.3) is 0 Å². The van der Waals surface area contributed by atoms with E-state index in [-0.39, 0.29) is 6.04 Å². The lowest BCUT2D eigenvalue weighted by molar-refractivity contribution is 0.874. The van der Waals surface area contributed by atoms with Crippen molar-refractivity contribution in [2.24, 2.45) is 0 Å². The zero-order valence-corrected chi connectivity index (χ0v) is 10.5. The van der Waals surface area contributed by atoms with Gasteiger partial charge in [0.2, 0.25) is 0 Å². The molecule has 3 heteroatoms. The second-order valence-corrected chi connectivity index (χ2v) is 4.32. The van der Waals surface area contributed by atoms with E-state index in [1.807, 2.05) is 49.5 Å². The van der Waals surface area contributed by atoms with Crippen LogP contribution in [0.3, 0.4) is 0 Å². The third-order valence-electron chi connectivity index (χ3n) is 2.82. The molecule has 0 aliphatic carbocycles. The molecular weight excluding hydrogens is 222 g/mol. The molecule has 0 saturated heterocycles. The minimum atomic E-state index is 0.160. The van der Waals surface area contributed by atoms with Crippen molar-refractivity contribution >= 4 is 5.82 Å². The number of benzene rings is 1. The first-order chi connectivity index (χ1) is 8.69. The second-order valence-electron chi connectivity index (χ2n) is 4.32. The van der Waals surface area contributed by atoms with Crippen LogP contribution in [0, 0.1) is 18.3 Å².